The fraction of sp³-hybridized carbons (Fsp3) is 0.200. The molecule has 0 amide bonds. The van der Waals surface area contributed by atoms with Crippen molar-refractivity contribution in [3.63, 3.8) is 0 Å². The fourth-order valence-corrected chi connectivity index (χ4v) is 5.86. The summed E-state index contributed by atoms with van der Waals surface area (Å²) in [5.74, 6) is -0.579. The number of aromatic nitrogens is 1. The van der Waals surface area contributed by atoms with Gasteiger partial charge < -0.3 is 14.1 Å². The fourth-order valence-electron chi connectivity index (χ4n) is 4.68. The molecule has 8 nitrogen and oxygen atoms in total. The van der Waals surface area contributed by atoms with Gasteiger partial charge in [0.2, 0.25) is 10.0 Å². The van der Waals surface area contributed by atoms with Crippen LogP contribution >= 0.6 is 0 Å². The van der Waals surface area contributed by atoms with Crippen molar-refractivity contribution in [2.75, 3.05) is 0 Å². The van der Waals surface area contributed by atoms with Crippen LogP contribution in [0, 0.1) is 13.8 Å². The zero-order valence-electron chi connectivity index (χ0n) is 21.8. The summed E-state index contributed by atoms with van der Waals surface area (Å²) in [7, 11) is -4.06. The number of carbonyl (C=O) groups is 1. The maximum Gasteiger partial charge on any atom is 0.336 e. The number of aromatic amines is 1. The normalized spacial score (nSPS) is 12.6. The number of aryl methyl sites for hydroxylation is 3. The van der Waals surface area contributed by atoms with E-state index in [-0.39, 0.29) is 17.1 Å². The van der Waals surface area contributed by atoms with E-state index >= 15 is 0 Å². The second-order valence-electron chi connectivity index (χ2n) is 9.55. The minimum Gasteiger partial charge on any atom is -0.425 e. The van der Waals surface area contributed by atoms with Gasteiger partial charge in [-0.1, -0.05) is 42.8 Å². The van der Waals surface area contributed by atoms with Crippen LogP contribution in [0.1, 0.15) is 29.2 Å². The van der Waals surface area contributed by atoms with Gasteiger partial charge in [0.15, 0.2) is 0 Å². The Morgan fingerprint density at radius 1 is 1.00 bits per heavy atom. The van der Waals surface area contributed by atoms with E-state index in [9.17, 15) is 18.0 Å². The number of H-pyrrole nitrogens is 1. The van der Waals surface area contributed by atoms with E-state index in [1.807, 2.05) is 38.1 Å². The molecule has 2 aromatic heterocycles. The molecule has 5 rings (SSSR count). The number of carbonyl (C=O) groups excluding carboxylic acids is 1. The summed E-state index contributed by atoms with van der Waals surface area (Å²) in [6.07, 6.45) is 2.32. The monoisotopic (exact) mass is 544 g/mol. The first-order chi connectivity index (χ1) is 18.6. The number of rotatable bonds is 8. The highest BCUT2D eigenvalue weighted by Gasteiger charge is 2.29. The minimum atomic E-state index is -4.06. The van der Waals surface area contributed by atoms with E-state index in [0.29, 0.717) is 23.0 Å². The molecule has 2 heterocycles. The number of fused-ring (bicyclic) bond motifs is 2. The Morgan fingerprint density at radius 2 is 1.74 bits per heavy atom. The number of nitrogens with one attached hydrogen (secondary N) is 2. The van der Waals surface area contributed by atoms with E-state index in [0.717, 1.165) is 27.6 Å². The van der Waals surface area contributed by atoms with Gasteiger partial charge in [-0.2, -0.15) is 4.72 Å². The summed E-state index contributed by atoms with van der Waals surface area (Å²) in [6, 6.07) is 17.5. The molecule has 0 aliphatic rings. The third kappa shape index (κ3) is 5.50. The molecule has 2 N–H and O–H groups in total. The van der Waals surface area contributed by atoms with Crippen LogP contribution in [-0.4, -0.2) is 25.4 Å². The summed E-state index contributed by atoms with van der Waals surface area (Å²) < 4.78 is 40.5. The van der Waals surface area contributed by atoms with Crippen molar-refractivity contribution in [2.45, 2.75) is 44.6 Å². The number of sulfonamides is 1. The number of hydrogen-bond donors (Lipinski definition) is 2. The first kappa shape index (κ1) is 26.4. The van der Waals surface area contributed by atoms with Crippen molar-refractivity contribution >= 4 is 37.9 Å². The molecule has 0 saturated heterocycles. The molecule has 200 valence electrons. The van der Waals surface area contributed by atoms with Crippen LogP contribution in [0.3, 0.4) is 0 Å². The van der Waals surface area contributed by atoms with Gasteiger partial charge in [0.05, 0.1) is 10.3 Å². The topological polar surface area (TPSA) is 118 Å². The maximum atomic E-state index is 13.7. The average Bonchev–Trinajstić information content (AvgIpc) is 3.30. The van der Waals surface area contributed by atoms with E-state index in [4.69, 9.17) is 9.15 Å². The van der Waals surface area contributed by atoms with Crippen molar-refractivity contribution in [1.29, 1.82) is 0 Å². The SMILES string of the molecule is CCc1cc(=O)oc2cc(C)cc(OC(=O)C(Cc3c[nH]c4ccccc34)NS(=O)(=O)c3ccc(C)cc3)c12. The highest BCUT2D eigenvalue weighted by Crippen LogP contribution is 2.31. The van der Waals surface area contributed by atoms with Crippen molar-refractivity contribution in [2.24, 2.45) is 0 Å². The molecule has 0 aliphatic carbocycles. The van der Waals surface area contributed by atoms with E-state index < -0.39 is 27.7 Å². The number of hydrogen-bond acceptors (Lipinski definition) is 6. The van der Waals surface area contributed by atoms with Crippen LogP contribution in [0.5, 0.6) is 5.75 Å². The van der Waals surface area contributed by atoms with E-state index in [1.165, 1.54) is 18.2 Å². The molecule has 0 fully saturated rings. The number of esters is 1. The van der Waals surface area contributed by atoms with Crippen LogP contribution in [0.25, 0.3) is 21.9 Å². The average molecular weight is 545 g/mol. The zero-order chi connectivity index (χ0) is 27.7. The second kappa shape index (κ2) is 10.5. The number of ether oxygens (including phenoxy) is 1. The molecular formula is C30H28N2O6S. The Balaban J connectivity index is 1.55. The molecule has 9 heteroatoms. The highest BCUT2D eigenvalue weighted by atomic mass is 32.2. The lowest BCUT2D eigenvalue weighted by Gasteiger charge is -2.19. The van der Waals surface area contributed by atoms with Crippen molar-refractivity contribution < 1.29 is 22.4 Å². The maximum absolute atomic E-state index is 13.7. The van der Waals surface area contributed by atoms with Crippen molar-refractivity contribution in [3.05, 3.63) is 106 Å². The van der Waals surface area contributed by atoms with Crippen LogP contribution in [0.4, 0.5) is 0 Å². The van der Waals surface area contributed by atoms with Crippen LogP contribution < -0.4 is 15.1 Å². The lowest BCUT2D eigenvalue weighted by Crippen LogP contribution is -2.44. The quantitative estimate of drug-likeness (QED) is 0.162. The van der Waals surface area contributed by atoms with Crippen LogP contribution in [0.2, 0.25) is 0 Å². The first-order valence-electron chi connectivity index (χ1n) is 12.6. The predicted octanol–water partition coefficient (Wildman–Crippen LogP) is 4.95. The molecule has 0 saturated carbocycles. The minimum absolute atomic E-state index is 0.0425. The van der Waals surface area contributed by atoms with Gasteiger partial charge in [-0.15, -0.1) is 0 Å². The van der Waals surface area contributed by atoms with E-state index in [1.54, 1.807) is 37.4 Å². The van der Waals surface area contributed by atoms with Gasteiger partial charge in [0, 0.05) is 29.6 Å². The summed E-state index contributed by atoms with van der Waals surface area (Å²) in [5, 5.41) is 1.38. The third-order valence-electron chi connectivity index (χ3n) is 6.64. The Kier molecular flexibility index (Phi) is 7.12. The van der Waals surface area contributed by atoms with Gasteiger partial charge in [-0.3, -0.25) is 0 Å². The van der Waals surface area contributed by atoms with Gasteiger partial charge >= 0.3 is 11.6 Å². The largest absolute Gasteiger partial charge is 0.425 e. The van der Waals surface area contributed by atoms with Gasteiger partial charge in [0.1, 0.15) is 17.4 Å². The summed E-state index contributed by atoms with van der Waals surface area (Å²) >= 11 is 0. The molecule has 0 bridgehead atoms. The molecule has 1 atom stereocenters. The molecule has 0 spiro atoms. The smallest absolute Gasteiger partial charge is 0.336 e. The highest BCUT2D eigenvalue weighted by molar-refractivity contribution is 7.89. The summed E-state index contributed by atoms with van der Waals surface area (Å²) in [5.41, 5.74) is 3.73. The lowest BCUT2D eigenvalue weighted by atomic mass is 10.0. The second-order valence-corrected chi connectivity index (χ2v) is 11.3. The van der Waals surface area contributed by atoms with E-state index in [2.05, 4.69) is 9.71 Å². The van der Waals surface area contributed by atoms with Gasteiger partial charge in [-0.05, 0) is 67.3 Å². The molecule has 3 aromatic carbocycles. The Labute approximate surface area is 225 Å². The molecule has 0 aliphatic heterocycles. The van der Waals surface area contributed by atoms with Gasteiger partial charge in [-0.25, -0.2) is 18.0 Å². The predicted molar refractivity (Wildman–Crippen MR) is 150 cm³/mol. The van der Waals surface area contributed by atoms with Crippen LogP contribution in [-0.2, 0) is 27.7 Å². The molecule has 1 unspecified atom stereocenters. The van der Waals surface area contributed by atoms with Gasteiger partial charge in [0.25, 0.3) is 0 Å². The standard InChI is InChI=1S/C30H28N2O6S/c1-4-20-16-28(33)37-26-13-19(3)14-27(29(20)26)38-30(34)25(15-21-17-31-24-8-6-5-7-23(21)24)32-39(35,36)22-11-9-18(2)10-12-22/h5-14,16-17,25,31-32H,4,15H2,1-3H3. The lowest BCUT2D eigenvalue weighted by molar-refractivity contribution is -0.136. The molecule has 39 heavy (non-hydrogen) atoms. The molecular weight excluding hydrogens is 516 g/mol. The third-order valence-corrected chi connectivity index (χ3v) is 8.13. The zero-order valence-corrected chi connectivity index (χ0v) is 22.6. The number of benzene rings is 3. The van der Waals surface area contributed by atoms with Crippen molar-refractivity contribution in [1.82, 2.24) is 9.71 Å². The summed E-state index contributed by atoms with van der Waals surface area (Å²) in [6.45, 7) is 5.54. The first-order valence-corrected chi connectivity index (χ1v) is 14.1. The van der Waals surface area contributed by atoms with Crippen molar-refractivity contribution in [3.8, 4) is 5.75 Å². The number of para-hydroxylation sites is 1. The summed E-state index contributed by atoms with van der Waals surface area (Å²) in [4.78, 5) is 29.0. The Hall–Kier alpha value is -4.21. The Bertz CT molecular complexity index is 1850. The van der Waals surface area contributed by atoms with Crippen LogP contribution in [0.15, 0.2) is 87.0 Å². The molecule has 5 aromatic rings. The Morgan fingerprint density at radius 3 is 2.49 bits per heavy atom. The molecule has 0 radical (unpaired) electrons.